The quantitative estimate of drug-likeness (QED) is 0.386. The first-order chi connectivity index (χ1) is 14.3. The normalized spacial score (nSPS) is 21.8. The van der Waals surface area contributed by atoms with Gasteiger partial charge in [-0.05, 0) is 103 Å². The van der Waals surface area contributed by atoms with E-state index in [1.54, 1.807) is 0 Å². The van der Waals surface area contributed by atoms with E-state index in [-0.39, 0.29) is 16.8 Å². The van der Waals surface area contributed by atoms with Crippen LogP contribution in [0.25, 0.3) is 0 Å². The lowest BCUT2D eigenvalue weighted by Crippen LogP contribution is -2.41. The number of hydrogen-bond donors (Lipinski definition) is 1. The van der Waals surface area contributed by atoms with Crippen molar-refractivity contribution in [2.45, 2.75) is 109 Å². The number of halogens is 1. The van der Waals surface area contributed by atoms with Crippen LogP contribution in [0.2, 0.25) is 5.02 Å². The molecule has 1 aromatic carbocycles. The predicted molar refractivity (Wildman–Crippen MR) is 131 cm³/mol. The first kappa shape index (κ1) is 26.5. The lowest BCUT2D eigenvalue weighted by atomic mass is 9.85. The average Bonchev–Trinajstić information content (AvgIpc) is 2.63. The van der Waals surface area contributed by atoms with Crippen LogP contribution in [0, 0.1) is 5.92 Å². The van der Waals surface area contributed by atoms with E-state index in [2.05, 4.69) is 16.9 Å². The van der Waals surface area contributed by atoms with Crippen molar-refractivity contribution in [2.75, 3.05) is 0 Å². The summed E-state index contributed by atoms with van der Waals surface area (Å²) in [5.74, 6) is 0.349. The maximum Gasteiger partial charge on any atom is 0.306 e. The molecule has 1 aliphatic rings. The van der Waals surface area contributed by atoms with Crippen LogP contribution in [0.3, 0.4) is 0 Å². The van der Waals surface area contributed by atoms with Gasteiger partial charge in [-0.3, -0.25) is 4.79 Å². The number of esters is 1. The fourth-order valence-electron chi connectivity index (χ4n) is 4.01. The van der Waals surface area contributed by atoms with Gasteiger partial charge in [0.15, 0.2) is 0 Å². The molecule has 0 spiro atoms. The third-order valence-electron chi connectivity index (χ3n) is 5.63. The Morgan fingerprint density at radius 1 is 1.16 bits per heavy atom. The van der Waals surface area contributed by atoms with Gasteiger partial charge in [0.05, 0.1) is 6.04 Å². The highest BCUT2D eigenvalue weighted by Gasteiger charge is 2.31. The molecule has 31 heavy (non-hydrogen) atoms. The lowest BCUT2D eigenvalue weighted by molar-refractivity contribution is -0.155. The molecule has 0 aromatic heterocycles. The fourth-order valence-corrected chi connectivity index (χ4v) is 5.06. The monoisotopic (exact) mass is 469 g/mol. The molecule has 1 N–H and O–H groups in total. The van der Waals surface area contributed by atoms with Crippen molar-refractivity contribution in [1.29, 1.82) is 0 Å². The molecule has 2 rings (SSSR count). The third-order valence-corrected chi connectivity index (χ3v) is 7.48. The summed E-state index contributed by atoms with van der Waals surface area (Å²) in [6.07, 6.45) is 7.47. The van der Waals surface area contributed by atoms with Crippen molar-refractivity contribution in [2.24, 2.45) is 5.92 Å². The Balaban J connectivity index is 2.14. The predicted octanol–water partition coefficient (Wildman–Crippen LogP) is 6.68. The number of fused-ring (bicyclic) bond motifs is 1. The van der Waals surface area contributed by atoms with Gasteiger partial charge in [0.25, 0.3) is 0 Å². The summed E-state index contributed by atoms with van der Waals surface area (Å²) in [6, 6.07) is 6.09. The van der Waals surface area contributed by atoms with E-state index in [1.165, 1.54) is 11.1 Å². The molecule has 0 fully saturated rings. The van der Waals surface area contributed by atoms with Crippen LogP contribution in [-0.4, -0.2) is 20.9 Å². The molecule has 1 aromatic rings. The zero-order valence-electron chi connectivity index (χ0n) is 20.1. The van der Waals surface area contributed by atoms with Gasteiger partial charge in [0, 0.05) is 22.8 Å². The molecule has 0 amide bonds. The van der Waals surface area contributed by atoms with Crippen LogP contribution in [-0.2, 0) is 27.3 Å². The first-order valence-electron chi connectivity index (χ1n) is 11.5. The lowest BCUT2D eigenvalue weighted by Gasteiger charge is -2.31. The van der Waals surface area contributed by atoms with E-state index >= 15 is 0 Å². The number of ether oxygens (including phenoxy) is 1. The Bertz CT molecular complexity index is 726. The molecule has 0 aliphatic heterocycles. The van der Waals surface area contributed by atoms with E-state index in [9.17, 15) is 9.35 Å². The summed E-state index contributed by atoms with van der Waals surface area (Å²) >= 11 is 5.12. The number of benzene rings is 1. The molecule has 0 saturated carbocycles. The second-order valence-electron chi connectivity index (χ2n) is 10.7. The van der Waals surface area contributed by atoms with Crippen molar-refractivity contribution in [3.8, 4) is 0 Å². The van der Waals surface area contributed by atoms with Gasteiger partial charge in [-0.15, -0.1) is 4.72 Å². The SMILES string of the molecule is CC(C)(C)OC(=O)CCC1CCCCc2cc(Cl)ccc2[C@H](N[S@+]([O-])C(C)(C)C)CC1. The molecule has 1 aliphatic carbocycles. The minimum absolute atomic E-state index is 0.00875. The maximum atomic E-state index is 12.9. The second kappa shape index (κ2) is 11.4. The topological polar surface area (TPSA) is 61.4 Å². The minimum Gasteiger partial charge on any atom is -0.598 e. The Morgan fingerprint density at radius 2 is 1.87 bits per heavy atom. The summed E-state index contributed by atoms with van der Waals surface area (Å²) < 4.78 is 21.5. The summed E-state index contributed by atoms with van der Waals surface area (Å²) in [5, 5.41) is 0.752. The molecule has 4 nitrogen and oxygen atoms in total. The van der Waals surface area contributed by atoms with Crippen LogP contribution in [0.15, 0.2) is 18.2 Å². The highest BCUT2D eigenvalue weighted by molar-refractivity contribution is 7.90. The zero-order valence-corrected chi connectivity index (χ0v) is 21.6. The second-order valence-corrected chi connectivity index (χ2v) is 13.1. The van der Waals surface area contributed by atoms with E-state index in [0.717, 1.165) is 50.0 Å². The fraction of sp³-hybridized carbons (Fsp3) is 0.720. The smallest absolute Gasteiger partial charge is 0.306 e. The van der Waals surface area contributed by atoms with Gasteiger partial charge in [-0.1, -0.05) is 30.5 Å². The van der Waals surface area contributed by atoms with E-state index in [0.29, 0.717) is 12.3 Å². The number of aryl methyl sites for hydroxylation is 1. The standard InChI is InChI=1S/C25H40ClNO3S/c1-24(2,3)30-23(28)16-12-18-9-7-8-10-19-17-20(26)13-14-21(19)22(15-11-18)27-31(29)25(4,5)6/h13-14,17-18,22,27H,7-12,15-16H2,1-6H3/t18?,22-,31-/m1/s1. The van der Waals surface area contributed by atoms with Crippen molar-refractivity contribution in [3.05, 3.63) is 34.3 Å². The summed E-state index contributed by atoms with van der Waals surface area (Å²) in [4.78, 5) is 12.2. The van der Waals surface area contributed by atoms with Crippen molar-refractivity contribution >= 4 is 28.9 Å². The number of carbonyl (C=O) groups excluding carboxylic acids is 1. The highest BCUT2D eigenvalue weighted by Crippen LogP contribution is 2.33. The van der Waals surface area contributed by atoms with Crippen LogP contribution in [0.4, 0.5) is 0 Å². The van der Waals surface area contributed by atoms with Gasteiger partial charge < -0.3 is 9.29 Å². The average molecular weight is 470 g/mol. The number of rotatable bonds is 5. The minimum atomic E-state index is -1.16. The molecular weight excluding hydrogens is 430 g/mol. The Labute approximate surface area is 197 Å². The molecule has 0 radical (unpaired) electrons. The van der Waals surface area contributed by atoms with E-state index < -0.39 is 17.0 Å². The molecule has 176 valence electrons. The Morgan fingerprint density at radius 3 is 2.52 bits per heavy atom. The van der Waals surface area contributed by atoms with Crippen LogP contribution < -0.4 is 4.72 Å². The number of nitrogens with one attached hydrogen (secondary N) is 1. The summed E-state index contributed by atoms with van der Waals surface area (Å²) in [5.41, 5.74) is 2.02. The van der Waals surface area contributed by atoms with Crippen molar-refractivity contribution in [1.82, 2.24) is 4.72 Å². The Kier molecular flexibility index (Phi) is 9.75. The van der Waals surface area contributed by atoms with Gasteiger partial charge in [0.2, 0.25) is 0 Å². The van der Waals surface area contributed by atoms with E-state index in [1.807, 2.05) is 47.6 Å². The molecular formula is C25H40ClNO3S. The molecule has 6 heteroatoms. The van der Waals surface area contributed by atoms with Gasteiger partial charge in [-0.25, -0.2) is 0 Å². The van der Waals surface area contributed by atoms with Gasteiger partial charge in [0.1, 0.15) is 10.3 Å². The summed E-state index contributed by atoms with van der Waals surface area (Å²) in [6.45, 7) is 11.7. The molecule has 1 unspecified atom stereocenters. The zero-order chi connectivity index (χ0) is 23.2. The maximum absolute atomic E-state index is 12.9. The molecule has 0 heterocycles. The molecule has 3 atom stereocenters. The highest BCUT2D eigenvalue weighted by atomic mass is 35.5. The first-order valence-corrected chi connectivity index (χ1v) is 13.1. The molecule has 0 saturated heterocycles. The van der Waals surface area contributed by atoms with Crippen LogP contribution in [0.1, 0.15) is 104 Å². The van der Waals surface area contributed by atoms with Crippen LogP contribution >= 0.6 is 11.6 Å². The van der Waals surface area contributed by atoms with Gasteiger partial charge in [-0.2, -0.15) is 0 Å². The third kappa shape index (κ3) is 9.33. The van der Waals surface area contributed by atoms with Crippen molar-refractivity contribution < 1.29 is 14.1 Å². The van der Waals surface area contributed by atoms with E-state index in [4.69, 9.17) is 16.3 Å². The van der Waals surface area contributed by atoms with Crippen molar-refractivity contribution in [3.63, 3.8) is 0 Å². The Hall–Kier alpha value is -0.750. The summed E-state index contributed by atoms with van der Waals surface area (Å²) in [7, 11) is 0. The number of carbonyl (C=O) groups is 1. The van der Waals surface area contributed by atoms with Gasteiger partial charge >= 0.3 is 5.97 Å². The molecule has 0 bridgehead atoms. The number of hydrogen-bond acceptors (Lipinski definition) is 4. The van der Waals surface area contributed by atoms with Crippen LogP contribution in [0.5, 0.6) is 0 Å². The largest absolute Gasteiger partial charge is 0.598 e.